The van der Waals surface area contributed by atoms with Crippen molar-refractivity contribution in [2.45, 2.75) is 38.6 Å². The van der Waals surface area contributed by atoms with Crippen LogP contribution in [0.3, 0.4) is 0 Å². The van der Waals surface area contributed by atoms with Crippen LogP contribution in [0.1, 0.15) is 63.7 Å². The highest BCUT2D eigenvalue weighted by Gasteiger charge is 2.21. The molecule has 1 aromatic rings. The van der Waals surface area contributed by atoms with Gasteiger partial charge >= 0.3 is 11.9 Å². The second-order valence-corrected chi connectivity index (χ2v) is 5.84. The van der Waals surface area contributed by atoms with Crippen molar-refractivity contribution in [3.05, 3.63) is 34.9 Å². The molecule has 0 spiro atoms. The average molecular weight is 305 g/mol. The zero-order chi connectivity index (χ0) is 16.3. The lowest BCUT2D eigenvalue weighted by atomic mass is 9.87. The van der Waals surface area contributed by atoms with Gasteiger partial charge in [0.1, 0.15) is 0 Å². The lowest BCUT2D eigenvalue weighted by molar-refractivity contribution is 0.0696. The van der Waals surface area contributed by atoms with Gasteiger partial charge in [-0.05, 0) is 49.8 Å². The number of aromatic carboxylic acids is 2. The summed E-state index contributed by atoms with van der Waals surface area (Å²) in [6.45, 7) is 2.17. The number of rotatable bonds is 4. The molecule has 0 aromatic heterocycles. The van der Waals surface area contributed by atoms with Crippen LogP contribution in [0.2, 0.25) is 0 Å². The first-order valence-electron chi connectivity index (χ1n) is 7.29. The van der Waals surface area contributed by atoms with Gasteiger partial charge < -0.3 is 15.5 Å². The Morgan fingerprint density at radius 2 is 1.36 bits per heavy atom. The molecule has 0 unspecified atom stereocenters. The van der Waals surface area contributed by atoms with Crippen LogP contribution in [-0.2, 0) is 0 Å². The molecule has 0 heterocycles. The molecule has 0 radical (unpaired) electrons. The van der Waals surface area contributed by atoms with Crippen LogP contribution in [0.4, 0.5) is 0 Å². The van der Waals surface area contributed by atoms with Crippen LogP contribution in [0.25, 0.3) is 0 Å². The van der Waals surface area contributed by atoms with E-state index in [1.54, 1.807) is 0 Å². The monoisotopic (exact) mass is 305 g/mol. The van der Waals surface area contributed by atoms with E-state index in [0.29, 0.717) is 5.92 Å². The molecule has 1 saturated carbocycles. The van der Waals surface area contributed by atoms with E-state index < -0.39 is 17.8 Å². The Bertz CT molecular complexity index is 570. The van der Waals surface area contributed by atoms with Gasteiger partial charge in [0.2, 0.25) is 0 Å². The van der Waals surface area contributed by atoms with Gasteiger partial charge in [0.05, 0.1) is 11.1 Å². The third-order valence-electron chi connectivity index (χ3n) is 4.04. The third kappa shape index (κ3) is 3.84. The number of nitrogens with one attached hydrogen (secondary N) is 1. The van der Waals surface area contributed by atoms with E-state index in [1.165, 1.54) is 12.1 Å². The van der Waals surface area contributed by atoms with Crippen molar-refractivity contribution in [3.8, 4) is 0 Å². The third-order valence-corrected chi connectivity index (χ3v) is 4.04. The molecule has 0 bridgehead atoms. The molecule has 1 aromatic carbocycles. The molecule has 3 N–H and O–H groups in total. The highest BCUT2D eigenvalue weighted by Crippen LogP contribution is 2.23. The first kappa shape index (κ1) is 16.0. The zero-order valence-corrected chi connectivity index (χ0v) is 12.3. The number of carbonyl (C=O) groups is 3. The Balaban J connectivity index is 2.18. The van der Waals surface area contributed by atoms with Crippen molar-refractivity contribution in [2.75, 3.05) is 0 Å². The van der Waals surface area contributed by atoms with Crippen LogP contribution in [0, 0.1) is 5.92 Å². The number of amides is 1. The molecule has 1 fully saturated rings. The fraction of sp³-hybridized carbons (Fsp3) is 0.438. The largest absolute Gasteiger partial charge is 0.478 e. The van der Waals surface area contributed by atoms with E-state index in [9.17, 15) is 14.4 Å². The predicted molar refractivity (Wildman–Crippen MR) is 79.2 cm³/mol. The fourth-order valence-corrected chi connectivity index (χ4v) is 2.68. The average Bonchev–Trinajstić information content (AvgIpc) is 2.49. The van der Waals surface area contributed by atoms with E-state index in [4.69, 9.17) is 10.2 Å². The van der Waals surface area contributed by atoms with E-state index >= 15 is 0 Å². The number of hydrogen-bond acceptors (Lipinski definition) is 3. The van der Waals surface area contributed by atoms with E-state index in [-0.39, 0.29) is 22.7 Å². The van der Waals surface area contributed by atoms with Gasteiger partial charge in [-0.3, -0.25) is 4.79 Å². The number of benzene rings is 1. The van der Waals surface area contributed by atoms with Crippen LogP contribution < -0.4 is 5.32 Å². The number of carbonyl (C=O) groups excluding carboxylic acids is 1. The molecular weight excluding hydrogens is 286 g/mol. The fourth-order valence-electron chi connectivity index (χ4n) is 2.68. The van der Waals surface area contributed by atoms with Crippen molar-refractivity contribution < 1.29 is 24.6 Å². The number of carboxylic acid groups (broad SMARTS) is 2. The summed E-state index contributed by atoms with van der Waals surface area (Å²) in [7, 11) is 0. The summed E-state index contributed by atoms with van der Waals surface area (Å²) in [4.78, 5) is 34.4. The van der Waals surface area contributed by atoms with E-state index in [0.717, 1.165) is 31.7 Å². The topological polar surface area (TPSA) is 104 Å². The smallest absolute Gasteiger partial charge is 0.335 e. The Hall–Kier alpha value is -2.37. The van der Waals surface area contributed by atoms with Crippen molar-refractivity contribution in [2.24, 2.45) is 5.92 Å². The molecule has 0 saturated heterocycles. The maximum atomic E-state index is 12.2. The lowest BCUT2D eigenvalue weighted by Gasteiger charge is -2.27. The van der Waals surface area contributed by atoms with Crippen LogP contribution in [-0.4, -0.2) is 34.1 Å². The Kier molecular flexibility index (Phi) is 4.80. The molecule has 0 atom stereocenters. The second kappa shape index (κ2) is 6.60. The van der Waals surface area contributed by atoms with Gasteiger partial charge in [0.15, 0.2) is 0 Å². The first-order valence-corrected chi connectivity index (χ1v) is 7.29. The molecule has 22 heavy (non-hydrogen) atoms. The summed E-state index contributed by atoms with van der Waals surface area (Å²) in [6.07, 6.45) is 3.86. The van der Waals surface area contributed by atoms with Crippen molar-refractivity contribution in [3.63, 3.8) is 0 Å². The van der Waals surface area contributed by atoms with Crippen molar-refractivity contribution in [1.82, 2.24) is 5.32 Å². The molecule has 6 heteroatoms. The highest BCUT2D eigenvalue weighted by atomic mass is 16.4. The van der Waals surface area contributed by atoms with Gasteiger partial charge in [0.25, 0.3) is 5.91 Å². The summed E-state index contributed by atoms with van der Waals surface area (Å²) in [6, 6.07) is 3.51. The minimum absolute atomic E-state index is 0.0606. The normalized spacial score (nSPS) is 21.1. The molecule has 6 nitrogen and oxygen atoms in total. The maximum absolute atomic E-state index is 12.2. The summed E-state index contributed by atoms with van der Waals surface area (Å²) in [5, 5.41) is 20.9. The molecule has 0 aliphatic heterocycles. The quantitative estimate of drug-likeness (QED) is 0.792. The molecule has 1 aliphatic rings. The van der Waals surface area contributed by atoms with Gasteiger partial charge in [-0.15, -0.1) is 0 Å². The van der Waals surface area contributed by atoms with Crippen molar-refractivity contribution >= 4 is 17.8 Å². The first-order chi connectivity index (χ1) is 10.4. The van der Waals surface area contributed by atoms with Gasteiger partial charge in [-0.25, -0.2) is 9.59 Å². The summed E-state index contributed by atoms with van der Waals surface area (Å²) in [5.41, 5.74) is -0.347. The van der Waals surface area contributed by atoms with Crippen molar-refractivity contribution in [1.29, 1.82) is 0 Å². The Labute approximate surface area is 128 Å². The summed E-state index contributed by atoms with van der Waals surface area (Å²) >= 11 is 0. The standard InChI is InChI=1S/C16H19NO5/c1-9-2-4-13(5-3-9)17-14(18)10-6-11(15(19)20)8-12(7-10)16(21)22/h6-9,13H,2-5H2,1H3,(H,17,18)(H,19,20)(H,21,22). The Morgan fingerprint density at radius 3 is 1.82 bits per heavy atom. The number of carboxylic acids is 2. The Morgan fingerprint density at radius 1 is 0.909 bits per heavy atom. The van der Waals surface area contributed by atoms with Crippen LogP contribution in [0.15, 0.2) is 18.2 Å². The minimum atomic E-state index is -1.26. The summed E-state index contributed by atoms with van der Waals surface area (Å²) < 4.78 is 0. The van der Waals surface area contributed by atoms with Crippen LogP contribution >= 0.6 is 0 Å². The highest BCUT2D eigenvalue weighted by molar-refractivity contribution is 6.01. The van der Waals surface area contributed by atoms with Gasteiger partial charge in [-0.2, -0.15) is 0 Å². The SMILES string of the molecule is CC1CCC(NC(=O)c2cc(C(=O)O)cc(C(=O)O)c2)CC1. The molecular formula is C16H19NO5. The lowest BCUT2D eigenvalue weighted by Crippen LogP contribution is -2.37. The second-order valence-electron chi connectivity index (χ2n) is 5.84. The van der Waals surface area contributed by atoms with E-state index in [2.05, 4.69) is 12.2 Å². The zero-order valence-electron chi connectivity index (χ0n) is 12.3. The van der Waals surface area contributed by atoms with Gasteiger partial charge in [-0.1, -0.05) is 6.92 Å². The summed E-state index contributed by atoms with van der Waals surface area (Å²) in [5.74, 6) is -2.29. The van der Waals surface area contributed by atoms with Crippen LogP contribution in [0.5, 0.6) is 0 Å². The number of hydrogen-bond donors (Lipinski definition) is 3. The van der Waals surface area contributed by atoms with Gasteiger partial charge in [0, 0.05) is 11.6 Å². The minimum Gasteiger partial charge on any atom is -0.478 e. The van der Waals surface area contributed by atoms with E-state index in [1.807, 2.05) is 0 Å². The molecule has 118 valence electrons. The molecule has 1 amide bonds. The molecule has 1 aliphatic carbocycles. The maximum Gasteiger partial charge on any atom is 0.335 e. The predicted octanol–water partition coefficient (Wildman–Crippen LogP) is 2.39. The molecule has 2 rings (SSSR count).